The molecule has 107 heavy (non-hydrogen) atoms. The monoisotopic (exact) mass is 1570 g/mol. The summed E-state index contributed by atoms with van der Waals surface area (Å²) in [5.74, 6) is -37.0. The van der Waals surface area contributed by atoms with Gasteiger partial charge >= 0.3 is 5.69 Å². The standard InChI is InChI=1S/C10H8F4.C10H10F4.C10H6F4.C9H8F4.C9H6F4.C9H4F4.C8H6F4.C8H6F3NO2/c1-4(2)6-9(13)7(11)5(3)8(12)10(6)14;2*1-3-4-6-9(13)7(11)5(2)8(12)10(6)14;3*1-3-5-8(12)6(10)4(2)7(11)9(5)13;1-3-5(9)7(11)4(2)8(12)6(3)10;1-3-5(9)4(2)8(12(13)14)7(11)6(3)10/h1H2,2-3H3;3-4H2,1-2H3;1-2H3;3H2,1-2H3;3H,1H2,2H3;1H,2H3;1-2H3;1-2H3. The van der Waals surface area contributed by atoms with Crippen LogP contribution < -0.4 is 0 Å². The Kier molecular flexibility index (Phi) is 35.2. The zero-order valence-corrected chi connectivity index (χ0v) is 57.7. The highest BCUT2D eigenvalue weighted by Gasteiger charge is 2.30. The molecule has 0 amide bonds. The molecule has 3 nitrogen and oxygen atoms in total. The second-order valence-corrected chi connectivity index (χ2v) is 21.7. The molecule has 0 fully saturated rings. The average Bonchev–Trinajstić information content (AvgIpc) is 0.807. The van der Waals surface area contributed by atoms with Crippen LogP contribution >= 0.6 is 0 Å². The first kappa shape index (κ1) is 94.6. The molecule has 0 saturated heterocycles. The summed E-state index contributed by atoms with van der Waals surface area (Å²) in [6.45, 7) is 21.8. The first-order valence-corrected chi connectivity index (χ1v) is 29.4. The SMILES string of the molecule is C#Cc1c(F)c(F)c(C)c(F)c1F.C=C(C)c1c(F)c(F)c(C)c(F)c1F.C=Cc1c(F)c(F)c(C)c(F)c1F.CC#Cc1c(F)c(F)c(C)c(F)c1F.CCCc1c(F)c(F)c(C)c(F)c1F.CCc1c(F)c(F)c(C)c(F)c1F.Cc1c(F)c(C)c([N+](=O)[O-])c(F)c1F.Cc1c(F)c(F)c(C)c(F)c1F. The van der Waals surface area contributed by atoms with Crippen molar-refractivity contribution in [2.75, 3.05) is 0 Å². The number of nitro benzene ring substituents is 1. The number of allylic oxidation sites excluding steroid dienone is 1. The van der Waals surface area contributed by atoms with Crippen LogP contribution in [0.3, 0.4) is 0 Å². The summed E-state index contributed by atoms with van der Waals surface area (Å²) in [7, 11) is 0. The van der Waals surface area contributed by atoms with E-state index in [2.05, 4.69) is 25.5 Å². The van der Waals surface area contributed by atoms with Crippen molar-refractivity contribution in [1.29, 1.82) is 0 Å². The average molecular weight is 1570 g/mol. The zero-order valence-electron chi connectivity index (χ0n) is 57.7. The van der Waals surface area contributed by atoms with Crippen LogP contribution in [0.15, 0.2) is 13.2 Å². The van der Waals surface area contributed by atoms with E-state index in [1.165, 1.54) is 20.8 Å². The maximum absolute atomic E-state index is 13.1. The van der Waals surface area contributed by atoms with Crippen LogP contribution in [-0.2, 0) is 12.8 Å². The van der Waals surface area contributed by atoms with Gasteiger partial charge in [-0.25, -0.2) is 132 Å². The molecule has 0 unspecified atom stereocenters. The van der Waals surface area contributed by atoms with E-state index in [1.54, 1.807) is 12.8 Å². The van der Waals surface area contributed by atoms with Gasteiger partial charge in [0.05, 0.1) is 21.6 Å². The lowest BCUT2D eigenvalue weighted by Gasteiger charge is -2.08. The molecule has 0 aliphatic rings. The van der Waals surface area contributed by atoms with Crippen LogP contribution in [0.2, 0.25) is 0 Å². The van der Waals surface area contributed by atoms with E-state index in [0.29, 0.717) is 6.42 Å². The van der Waals surface area contributed by atoms with E-state index >= 15 is 0 Å². The van der Waals surface area contributed by atoms with Crippen LogP contribution in [0.4, 0.5) is 142 Å². The summed E-state index contributed by atoms with van der Waals surface area (Å²) in [6.07, 6.45) is 5.75. The fraction of sp³-hybridized carbons (Fsp3) is 0.233. The van der Waals surface area contributed by atoms with E-state index in [4.69, 9.17) is 0 Å². The highest BCUT2D eigenvalue weighted by Crippen LogP contribution is 2.33. The summed E-state index contributed by atoms with van der Waals surface area (Å²) in [5, 5.41) is 10.3. The second kappa shape index (κ2) is 39.8. The third-order valence-electron chi connectivity index (χ3n) is 14.6. The highest BCUT2D eigenvalue weighted by atomic mass is 19.2. The fourth-order valence-electron chi connectivity index (χ4n) is 8.23. The Morgan fingerprint density at radius 3 is 0.832 bits per heavy atom. The zero-order chi connectivity index (χ0) is 83.8. The van der Waals surface area contributed by atoms with Crippen LogP contribution in [-0.4, -0.2) is 4.92 Å². The van der Waals surface area contributed by atoms with Gasteiger partial charge in [0.1, 0.15) is 16.9 Å². The molecular formula is C73H54F31NO2. The first-order chi connectivity index (χ1) is 49.2. The van der Waals surface area contributed by atoms with E-state index in [9.17, 15) is 146 Å². The van der Waals surface area contributed by atoms with Crippen LogP contribution in [0.25, 0.3) is 11.6 Å². The van der Waals surface area contributed by atoms with Crippen molar-refractivity contribution in [2.45, 2.75) is 116 Å². The Balaban J connectivity index is 0.000000612. The topological polar surface area (TPSA) is 43.1 Å². The molecule has 0 N–H and O–H groups in total. The number of nitrogens with zero attached hydrogens (tertiary/aromatic N) is 1. The van der Waals surface area contributed by atoms with Crippen molar-refractivity contribution in [2.24, 2.45) is 0 Å². The lowest BCUT2D eigenvalue weighted by atomic mass is 10.0. The van der Waals surface area contributed by atoms with Gasteiger partial charge in [-0.05, 0) is 101 Å². The number of nitro groups is 1. The molecule has 0 radical (unpaired) electrons. The Hall–Kier alpha value is -10.4. The van der Waals surface area contributed by atoms with Gasteiger partial charge in [0.25, 0.3) is 0 Å². The molecule has 0 aliphatic heterocycles. The summed E-state index contributed by atoms with van der Waals surface area (Å²) in [6, 6.07) is 0. The Bertz CT molecular complexity index is 4440. The lowest BCUT2D eigenvalue weighted by Crippen LogP contribution is -2.05. The van der Waals surface area contributed by atoms with Crippen LogP contribution in [0.5, 0.6) is 0 Å². The quantitative estimate of drug-likeness (QED) is 0.0547. The van der Waals surface area contributed by atoms with Crippen molar-refractivity contribution < 1.29 is 141 Å². The Morgan fingerprint density at radius 1 is 0.355 bits per heavy atom. The number of hydrogen-bond acceptors (Lipinski definition) is 2. The molecule has 580 valence electrons. The minimum Gasteiger partial charge on any atom is -0.258 e. The van der Waals surface area contributed by atoms with Gasteiger partial charge in [-0.3, -0.25) is 10.1 Å². The number of halogens is 31. The normalized spacial score (nSPS) is 10.3. The lowest BCUT2D eigenvalue weighted by molar-refractivity contribution is -0.388. The van der Waals surface area contributed by atoms with Crippen molar-refractivity contribution in [1.82, 2.24) is 0 Å². The number of terminal acetylenes is 1. The van der Waals surface area contributed by atoms with Crippen LogP contribution in [0.1, 0.15) is 123 Å². The third-order valence-corrected chi connectivity index (χ3v) is 14.6. The first-order valence-electron chi connectivity index (χ1n) is 29.4. The van der Waals surface area contributed by atoms with Gasteiger partial charge in [0, 0.05) is 61.2 Å². The number of benzene rings is 8. The predicted octanol–water partition coefficient (Wildman–Crippen LogP) is 24.3. The largest absolute Gasteiger partial charge is 0.313 e. The molecule has 8 aromatic rings. The summed E-state index contributed by atoms with van der Waals surface area (Å²) in [4.78, 5) is 9.15. The number of rotatable bonds is 6. The number of hydrogen-bond donors (Lipinski definition) is 0. The summed E-state index contributed by atoms with van der Waals surface area (Å²) >= 11 is 0. The Morgan fingerprint density at radius 2 is 0.589 bits per heavy atom. The third kappa shape index (κ3) is 20.6. The van der Waals surface area contributed by atoms with Gasteiger partial charge in [0.2, 0.25) is 5.82 Å². The molecule has 0 aliphatic carbocycles. The molecule has 34 heteroatoms. The van der Waals surface area contributed by atoms with E-state index < -0.39 is 280 Å². The van der Waals surface area contributed by atoms with Gasteiger partial charge < -0.3 is 0 Å². The molecule has 0 heterocycles. The highest BCUT2D eigenvalue weighted by molar-refractivity contribution is 5.63. The minimum absolute atomic E-state index is 0.00815. The van der Waals surface area contributed by atoms with E-state index in [1.807, 2.05) is 5.92 Å². The van der Waals surface area contributed by atoms with E-state index in [0.717, 1.165) is 75.3 Å². The van der Waals surface area contributed by atoms with Gasteiger partial charge in [0.15, 0.2) is 169 Å². The molecule has 8 aromatic carbocycles. The molecule has 0 bridgehead atoms. The maximum Gasteiger partial charge on any atom is 0.313 e. The summed E-state index contributed by atoms with van der Waals surface area (Å²) in [5.41, 5.74) is -11.9. The predicted molar refractivity (Wildman–Crippen MR) is 333 cm³/mol. The molecular weight excluding hydrogens is 1510 g/mol. The van der Waals surface area contributed by atoms with E-state index in [-0.39, 0.29) is 18.4 Å². The fourth-order valence-corrected chi connectivity index (χ4v) is 8.23. The second-order valence-electron chi connectivity index (χ2n) is 21.7. The van der Waals surface area contributed by atoms with Crippen molar-refractivity contribution in [3.05, 3.63) is 293 Å². The van der Waals surface area contributed by atoms with Gasteiger partial charge in [-0.2, -0.15) is 4.39 Å². The van der Waals surface area contributed by atoms with Gasteiger partial charge in [-0.15, -0.1) is 12.3 Å². The molecule has 0 saturated carbocycles. The molecule has 8 rings (SSSR count). The minimum atomic E-state index is -1.62. The van der Waals surface area contributed by atoms with Crippen molar-refractivity contribution in [3.8, 4) is 24.2 Å². The maximum atomic E-state index is 13.1. The Labute approximate surface area is 589 Å². The molecule has 0 spiro atoms. The van der Waals surface area contributed by atoms with Crippen molar-refractivity contribution in [3.63, 3.8) is 0 Å². The molecule has 0 aromatic heterocycles. The molecule has 0 atom stereocenters. The van der Waals surface area contributed by atoms with Crippen molar-refractivity contribution >= 4 is 17.3 Å². The smallest absolute Gasteiger partial charge is 0.258 e. The van der Waals surface area contributed by atoms with Gasteiger partial charge in [-0.1, -0.05) is 51.3 Å². The van der Waals surface area contributed by atoms with Crippen LogP contribution in [0, 0.1) is 284 Å². The summed E-state index contributed by atoms with van der Waals surface area (Å²) < 4.78 is 400.